The Bertz CT molecular complexity index is 403. The number of rotatable bonds is 5. The number of carbonyl (C=O) groups is 2. The van der Waals surface area contributed by atoms with E-state index >= 15 is 0 Å². The van der Waals surface area contributed by atoms with Gasteiger partial charge in [-0.1, -0.05) is 13.8 Å². The normalized spacial score (nSPS) is 39.9. The smallest absolute Gasteiger partial charge is 0.310 e. The molecule has 4 fully saturated rings. The molecule has 4 bridgehead atoms. The monoisotopic (exact) mass is 280 g/mol. The van der Waals surface area contributed by atoms with Gasteiger partial charge in [-0.2, -0.15) is 0 Å². The standard InChI is InChI=1S/C16H24O4/c1-3-10(2)15(18)19-9-20-16-7-11-4-12(8-16)6-13(5-11)14(16)17/h10-13H,3-9H2,1-2H3. The van der Waals surface area contributed by atoms with E-state index in [0.717, 1.165) is 32.1 Å². The molecule has 0 amide bonds. The molecule has 4 saturated carbocycles. The van der Waals surface area contributed by atoms with Gasteiger partial charge in [-0.05, 0) is 50.4 Å². The second-order valence-electron chi connectivity index (χ2n) is 6.94. The van der Waals surface area contributed by atoms with Gasteiger partial charge in [-0.3, -0.25) is 9.59 Å². The molecular weight excluding hydrogens is 256 g/mol. The molecule has 3 atom stereocenters. The SMILES string of the molecule is CCC(C)C(=O)OCOC12CC3CC(CC(C3)C1=O)C2. The number of hydrogen-bond acceptors (Lipinski definition) is 4. The second-order valence-corrected chi connectivity index (χ2v) is 6.94. The van der Waals surface area contributed by atoms with Gasteiger partial charge in [0.25, 0.3) is 0 Å². The summed E-state index contributed by atoms with van der Waals surface area (Å²) in [5.41, 5.74) is -0.634. The van der Waals surface area contributed by atoms with Crippen LogP contribution in [-0.4, -0.2) is 24.1 Å². The summed E-state index contributed by atoms with van der Waals surface area (Å²) in [5.74, 6) is 1.40. The Morgan fingerprint density at radius 3 is 2.55 bits per heavy atom. The van der Waals surface area contributed by atoms with Crippen molar-refractivity contribution in [3.63, 3.8) is 0 Å². The van der Waals surface area contributed by atoms with Crippen molar-refractivity contribution in [3.8, 4) is 0 Å². The van der Waals surface area contributed by atoms with E-state index in [1.165, 1.54) is 6.42 Å². The topological polar surface area (TPSA) is 52.6 Å². The van der Waals surface area contributed by atoms with Gasteiger partial charge < -0.3 is 9.47 Å². The minimum absolute atomic E-state index is 0.0684. The minimum atomic E-state index is -0.634. The van der Waals surface area contributed by atoms with Gasteiger partial charge in [0.15, 0.2) is 12.6 Å². The Kier molecular flexibility index (Phi) is 3.61. The molecule has 4 rings (SSSR count). The Morgan fingerprint density at radius 1 is 1.30 bits per heavy atom. The van der Waals surface area contributed by atoms with Crippen LogP contribution < -0.4 is 0 Å². The molecule has 4 aliphatic rings. The van der Waals surface area contributed by atoms with Crippen molar-refractivity contribution in [2.45, 2.75) is 58.0 Å². The third-order valence-corrected chi connectivity index (χ3v) is 5.51. The van der Waals surface area contributed by atoms with Crippen LogP contribution in [0.15, 0.2) is 0 Å². The van der Waals surface area contributed by atoms with Gasteiger partial charge >= 0.3 is 5.97 Å². The molecule has 0 aromatic heterocycles. The van der Waals surface area contributed by atoms with E-state index in [-0.39, 0.29) is 30.4 Å². The van der Waals surface area contributed by atoms with Crippen molar-refractivity contribution in [3.05, 3.63) is 0 Å². The highest BCUT2D eigenvalue weighted by molar-refractivity contribution is 5.91. The summed E-state index contributed by atoms with van der Waals surface area (Å²) in [6.07, 6.45) is 5.77. The van der Waals surface area contributed by atoms with Crippen LogP contribution in [0, 0.1) is 23.7 Å². The molecule has 3 unspecified atom stereocenters. The highest BCUT2D eigenvalue weighted by Gasteiger charge is 2.57. The summed E-state index contributed by atoms with van der Waals surface area (Å²) in [5, 5.41) is 0. The molecule has 112 valence electrons. The van der Waals surface area contributed by atoms with Crippen molar-refractivity contribution in [1.82, 2.24) is 0 Å². The number of ether oxygens (including phenoxy) is 2. The van der Waals surface area contributed by atoms with Crippen molar-refractivity contribution in [2.24, 2.45) is 23.7 Å². The van der Waals surface area contributed by atoms with Gasteiger partial charge in [0, 0.05) is 5.92 Å². The summed E-state index contributed by atoms with van der Waals surface area (Å²) in [6, 6.07) is 0. The van der Waals surface area contributed by atoms with E-state index in [9.17, 15) is 9.59 Å². The summed E-state index contributed by atoms with van der Waals surface area (Å²) in [4.78, 5) is 24.2. The lowest BCUT2D eigenvalue weighted by molar-refractivity contribution is -0.209. The molecule has 4 heteroatoms. The van der Waals surface area contributed by atoms with Crippen LogP contribution in [0.1, 0.15) is 52.4 Å². The number of Topliss-reactive ketones (excluding diaryl/α,β-unsaturated/α-hetero) is 1. The maximum absolute atomic E-state index is 12.5. The second kappa shape index (κ2) is 5.14. The largest absolute Gasteiger partial charge is 0.438 e. The Labute approximate surface area is 120 Å². The molecule has 0 aliphatic heterocycles. The molecule has 4 nitrogen and oxygen atoms in total. The lowest BCUT2D eigenvalue weighted by atomic mass is 9.53. The van der Waals surface area contributed by atoms with Gasteiger partial charge in [-0.15, -0.1) is 0 Å². The van der Waals surface area contributed by atoms with E-state index < -0.39 is 5.60 Å². The first kappa shape index (κ1) is 14.1. The Balaban J connectivity index is 1.59. The lowest BCUT2D eigenvalue weighted by Crippen LogP contribution is -2.59. The molecule has 20 heavy (non-hydrogen) atoms. The van der Waals surface area contributed by atoms with Crippen LogP contribution in [0.25, 0.3) is 0 Å². The van der Waals surface area contributed by atoms with Crippen LogP contribution in [0.4, 0.5) is 0 Å². The maximum atomic E-state index is 12.5. The first-order valence-electron chi connectivity index (χ1n) is 7.89. The molecule has 4 aliphatic carbocycles. The van der Waals surface area contributed by atoms with E-state index in [4.69, 9.17) is 9.47 Å². The highest BCUT2D eigenvalue weighted by Crippen LogP contribution is 2.55. The summed E-state index contributed by atoms with van der Waals surface area (Å²) >= 11 is 0. The fourth-order valence-electron chi connectivity index (χ4n) is 4.40. The number of ketones is 1. The fourth-order valence-corrected chi connectivity index (χ4v) is 4.40. The average molecular weight is 280 g/mol. The molecule has 0 N–H and O–H groups in total. The lowest BCUT2D eigenvalue weighted by Gasteiger charge is -2.54. The third kappa shape index (κ3) is 2.28. The Morgan fingerprint density at radius 2 is 1.95 bits per heavy atom. The molecule has 0 saturated heterocycles. The zero-order valence-corrected chi connectivity index (χ0v) is 12.4. The van der Waals surface area contributed by atoms with Gasteiger partial charge in [0.1, 0.15) is 5.60 Å². The third-order valence-electron chi connectivity index (χ3n) is 5.51. The quantitative estimate of drug-likeness (QED) is 0.574. The molecule has 0 aromatic carbocycles. The van der Waals surface area contributed by atoms with E-state index in [1.54, 1.807) is 0 Å². The molecule has 0 aromatic rings. The van der Waals surface area contributed by atoms with Crippen molar-refractivity contribution in [1.29, 1.82) is 0 Å². The highest BCUT2D eigenvalue weighted by atomic mass is 16.7. The van der Waals surface area contributed by atoms with Crippen LogP contribution in [0.2, 0.25) is 0 Å². The predicted molar refractivity (Wildman–Crippen MR) is 72.8 cm³/mol. The number of hydrogen-bond donors (Lipinski definition) is 0. The molecule has 0 heterocycles. The fraction of sp³-hybridized carbons (Fsp3) is 0.875. The summed E-state index contributed by atoms with van der Waals surface area (Å²) in [7, 11) is 0. The van der Waals surface area contributed by atoms with E-state index in [0.29, 0.717) is 11.8 Å². The summed E-state index contributed by atoms with van der Waals surface area (Å²) in [6.45, 7) is 3.73. The predicted octanol–water partition coefficient (Wildman–Crippen LogP) is 2.70. The maximum Gasteiger partial charge on any atom is 0.310 e. The average Bonchev–Trinajstić information content (AvgIpc) is 2.42. The molecule has 0 radical (unpaired) electrons. The van der Waals surface area contributed by atoms with Crippen molar-refractivity contribution >= 4 is 11.8 Å². The van der Waals surface area contributed by atoms with Gasteiger partial charge in [0.05, 0.1) is 5.92 Å². The Hall–Kier alpha value is -0.900. The zero-order chi connectivity index (χ0) is 14.3. The van der Waals surface area contributed by atoms with Crippen molar-refractivity contribution in [2.75, 3.05) is 6.79 Å². The first-order chi connectivity index (χ1) is 9.54. The molecular formula is C16H24O4. The summed E-state index contributed by atoms with van der Waals surface area (Å²) < 4.78 is 11.0. The van der Waals surface area contributed by atoms with Crippen LogP contribution in [0.5, 0.6) is 0 Å². The van der Waals surface area contributed by atoms with E-state index in [1.807, 2.05) is 13.8 Å². The van der Waals surface area contributed by atoms with Crippen LogP contribution >= 0.6 is 0 Å². The van der Waals surface area contributed by atoms with Crippen LogP contribution in [-0.2, 0) is 19.1 Å². The van der Waals surface area contributed by atoms with Gasteiger partial charge in [-0.25, -0.2) is 0 Å². The molecule has 0 spiro atoms. The van der Waals surface area contributed by atoms with Crippen molar-refractivity contribution < 1.29 is 19.1 Å². The van der Waals surface area contributed by atoms with Gasteiger partial charge in [0.2, 0.25) is 0 Å². The van der Waals surface area contributed by atoms with E-state index in [2.05, 4.69) is 0 Å². The van der Waals surface area contributed by atoms with Crippen LogP contribution in [0.3, 0.4) is 0 Å². The number of esters is 1. The zero-order valence-electron chi connectivity index (χ0n) is 12.4. The minimum Gasteiger partial charge on any atom is -0.438 e. The number of carbonyl (C=O) groups excluding carboxylic acids is 2. The first-order valence-corrected chi connectivity index (χ1v) is 7.89.